The summed E-state index contributed by atoms with van der Waals surface area (Å²) in [6, 6.07) is 7.34. The molecule has 0 radical (unpaired) electrons. The van der Waals surface area contributed by atoms with Crippen LogP contribution in [-0.2, 0) is 16.0 Å². The highest BCUT2D eigenvalue weighted by Crippen LogP contribution is 2.31. The molecule has 154 valence electrons. The number of esters is 1. The fourth-order valence-corrected chi connectivity index (χ4v) is 4.23. The first-order valence-corrected chi connectivity index (χ1v) is 10.3. The molecular formula is C21H20N4O4S. The van der Waals surface area contributed by atoms with E-state index in [2.05, 4.69) is 15.0 Å². The van der Waals surface area contributed by atoms with E-state index >= 15 is 0 Å². The minimum Gasteiger partial charge on any atom is -0.497 e. The Morgan fingerprint density at radius 2 is 2.03 bits per heavy atom. The van der Waals surface area contributed by atoms with Crippen LogP contribution in [0.1, 0.15) is 27.3 Å². The van der Waals surface area contributed by atoms with Crippen LogP contribution in [0.2, 0.25) is 0 Å². The lowest BCUT2D eigenvalue weighted by Gasteiger charge is -2.29. The van der Waals surface area contributed by atoms with E-state index in [0.29, 0.717) is 27.9 Å². The van der Waals surface area contributed by atoms with Gasteiger partial charge in [0.05, 0.1) is 12.8 Å². The number of hydrogen-bond acceptors (Lipinski definition) is 8. The first-order chi connectivity index (χ1) is 14.6. The van der Waals surface area contributed by atoms with Crippen molar-refractivity contribution in [3.63, 3.8) is 0 Å². The van der Waals surface area contributed by atoms with E-state index < -0.39 is 5.97 Å². The van der Waals surface area contributed by atoms with Crippen molar-refractivity contribution in [2.75, 3.05) is 25.2 Å². The number of aromatic nitrogens is 3. The zero-order valence-corrected chi connectivity index (χ0v) is 17.4. The van der Waals surface area contributed by atoms with E-state index in [-0.39, 0.29) is 12.5 Å². The standard InChI is InChI=1S/C21H20N4O4S/c1-13-18(30-20(24-13)19-22-8-4-9-23-19)21(27)29-12-17(26)25-10-3-5-14-11-15(28-2)6-7-16(14)25/h4,6-9,11H,3,5,10,12H2,1-2H3. The number of fused-ring (bicyclic) bond motifs is 1. The maximum Gasteiger partial charge on any atom is 0.350 e. The molecule has 0 saturated carbocycles. The zero-order chi connectivity index (χ0) is 21.1. The van der Waals surface area contributed by atoms with Crippen molar-refractivity contribution in [3.05, 3.63) is 52.8 Å². The third-order valence-corrected chi connectivity index (χ3v) is 5.91. The van der Waals surface area contributed by atoms with Crippen LogP contribution in [0.15, 0.2) is 36.7 Å². The third kappa shape index (κ3) is 4.02. The van der Waals surface area contributed by atoms with Crippen LogP contribution in [0.5, 0.6) is 5.75 Å². The van der Waals surface area contributed by atoms with Gasteiger partial charge in [-0.05, 0) is 49.6 Å². The Hall–Kier alpha value is -3.33. The van der Waals surface area contributed by atoms with Crippen LogP contribution in [0.25, 0.3) is 10.8 Å². The molecule has 1 aliphatic rings. The zero-order valence-electron chi connectivity index (χ0n) is 16.6. The number of nitrogens with zero attached hydrogens (tertiary/aromatic N) is 4. The fourth-order valence-electron chi connectivity index (χ4n) is 3.32. The van der Waals surface area contributed by atoms with Gasteiger partial charge in [0, 0.05) is 24.6 Å². The summed E-state index contributed by atoms with van der Waals surface area (Å²) >= 11 is 1.15. The molecule has 2 aromatic heterocycles. The second kappa shape index (κ2) is 8.58. The Labute approximate surface area is 177 Å². The second-order valence-electron chi connectivity index (χ2n) is 6.73. The van der Waals surface area contributed by atoms with Gasteiger partial charge < -0.3 is 14.4 Å². The number of aryl methyl sites for hydroxylation is 2. The largest absolute Gasteiger partial charge is 0.497 e. The Morgan fingerprint density at radius 1 is 1.23 bits per heavy atom. The Balaban J connectivity index is 1.44. The van der Waals surface area contributed by atoms with Gasteiger partial charge in [-0.15, -0.1) is 11.3 Å². The van der Waals surface area contributed by atoms with Gasteiger partial charge in [-0.1, -0.05) is 0 Å². The van der Waals surface area contributed by atoms with Gasteiger partial charge in [0.15, 0.2) is 17.4 Å². The molecule has 0 unspecified atom stereocenters. The highest BCUT2D eigenvalue weighted by Gasteiger charge is 2.25. The number of thiazole rings is 1. The van der Waals surface area contributed by atoms with Gasteiger partial charge in [-0.2, -0.15) is 0 Å². The number of ether oxygens (including phenoxy) is 2. The SMILES string of the molecule is COc1ccc2c(c1)CCCN2C(=O)COC(=O)c1sc(-c2ncccn2)nc1C. The minimum absolute atomic E-state index is 0.261. The Morgan fingerprint density at radius 3 is 2.80 bits per heavy atom. The topological polar surface area (TPSA) is 94.5 Å². The fraction of sp³-hybridized carbons (Fsp3) is 0.286. The summed E-state index contributed by atoms with van der Waals surface area (Å²) in [5, 5.41) is 0.533. The minimum atomic E-state index is -0.576. The van der Waals surface area contributed by atoms with Crippen LogP contribution in [0.4, 0.5) is 5.69 Å². The Kier molecular flexibility index (Phi) is 5.71. The molecule has 30 heavy (non-hydrogen) atoms. The number of carbonyl (C=O) groups is 2. The van der Waals surface area contributed by atoms with Crippen molar-refractivity contribution in [2.24, 2.45) is 0 Å². The molecule has 1 aliphatic heterocycles. The van der Waals surface area contributed by atoms with E-state index in [1.807, 2.05) is 18.2 Å². The molecule has 3 aromatic rings. The van der Waals surface area contributed by atoms with Gasteiger partial charge >= 0.3 is 5.97 Å². The van der Waals surface area contributed by atoms with Crippen molar-refractivity contribution in [1.29, 1.82) is 0 Å². The van der Waals surface area contributed by atoms with E-state index in [4.69, 9.17) is 9.47 Å². The molecule has 4 rings (SSSR count). The molecule has 0 spiro atoms. The molecule has 8 nitrogen and oxygen atoms in total. The van der Waals surface area contributed by atoms with Crippen LogP contribution in [0, 0.1) is 6.92 Å². The average Bonchev–Trinajstić information content (AvgIpc) is 3.18. The number of benzene rings is 1. The molecule has 0 aliphatic carbocycles. The monoisotopic (exact) mass is 424 g/mol. The number of rotatable bonds is 5. The summed E-state index contributed by atoms with van der Waals surface area (Å²) in [7, 11) is 1.61. The van der Waals surface area contributed by atoms with E-state index in [9.17, 15) is 9.59 Å². The first kappa shape index (κ1) is 20.0. The van der Waals surface area contributed by atoms with Crippen LogP contribution in [0.3, 0.4) is 0 Å². The molecule has 0 fully saturated rings. The number of hydrogen-bond donors (Lipinski definition) is 0. The lowest BCUT2D eigenvalue weighted by atomic mass is 10.0. The molecule has 0 atom stereocenters. The van der Waals surface area contributed by atoms with Crippen molar-refractivity contribution in [2.45, 2.75) is 19.8 Å². The summed E-state index contributed by atoms with van der Waals surface area (Å²) in [5.41, 5.74) is 2.40. The molecule has 0 N–H and O–H groups in total. The van der Waals surface area contributed by atoms with E-state index in [1.165, 1.54) is 0 Å². The van der Waals surface area contributed by atoms with Crippen molar-refractivity contribution in [3.8, 4) is 16.6 Å². The molecule has 9 heteroatoms. The molecule has 1 aromatic carbocycles. The number of carbonyl (C=O) groups excluding carboxylic acids is 2. The third-order valence-electron chi connectivity index (χ3n) is 4.77. The Bertz CT molecular complexity index is 1080. The highest BCUT2D eigenvalue weighted by molar-refractivity contribution is 7.16. The second-order valence-corrected chi connectivity index (χ2v) is 7.72. The summed E-state index contributed by atoms with van der Waals surface area (Å²) in [6.07, 6.45) is 4.94. The maximum atomic E-state index is 12.7. The smallest absolute Gasteiger partial charge is 0.350 e. The lowest BCUT2D eigenvalue weighted by Crippen LogP contribution is -2.38. The van der Waals surface area contributed by atoms with Gasteiger partial charge in [0.1, 0.15) is 10.6 Å². The van der Waals surface area contributed by atoms with Crippen LogP contribution < -0.4 is 9.64 Å². The van der Waals surface area contributed by atoms with Crippen LogP contribution in [-0.4, -0.2) is 47.1 Å². The van der Waals surface area contributed by atoms with Crippen molar-refractivity contribution < 1.29 is 19.1 Å². The molecular weight excluding hydrogens is 404 g/mol. The normalized spacial score (nSPS) is 12.9. The predicted molar refractivity (Wildman–Crippen MR) is 112 cm³/mol. The molecule has 0 saturated heterocycles. The average molecular weight is 424 g/mol. The number of amides is 1. The lowest BCUT2D eigenvalue weighted by molar-refractivity contribution is -0.121. The predicted octanol–water partition coefficient (Wildman–Crippen LogP) is 3.05. The maximum absolute atomic E-state index is 12.7. The van der Waals surface area contributed by atoms with Gasteiger partial charge in [-0.25, -0.2) is 19.7 Å². The molecule has 0 bridgehead atoms. The van der Waals surface area contributed by atoms with Crippen molar-refractivity contribution >= 4 is 28.9 Å². The number of methoxy groups -OCH3 is 1. The molecule has 1 amide bonds. The van der Waals surface area contributed by atoms with Crippen molar-refractivity contribution in [1.82, 2.24) is 15.0 Å². The quantitative estimate of drug-likeness (QED) is 0.581. The van der Waals surface area contributed by atoms with Crippen LogP contribution >= 0.6 is 11.3 Å². The van der Waals surface area contributed by atoms with Gasteiger partial charge in [0.25, 0.3) is 5.91 Å². The van der Waals surface area contributed by atoms with E-state index in [1.54, 1.807) is 37.4 Å². The molecule has 3 heterocycles. The summed E-state index contributed by atoms with van der Waals surface area (Å²) < 4.78 is 10.6. The summed E-state index contributed by atoms with van der Waals surface area (Å²) in [5.74, 6) is 0.366. The summed E-state index contributed by atoms with van der Waals surface area (Å²) in [6.45, 7) is 1.97. The number of anilines is 1. The van der Waals surface area contributed by atoms with Gasteiger partial charge in [0.2, 0.25) is 0 Å². The summed E-state index contributed by atoms with van der Waals surface area (Å²) in [4.78, 5) is 39.9. The van der Waals surface area contributed by atoms with E-state index in [0.717, 1.165) is 41.2 Å². The first-order valence-electron chi connectivity index (χ1n) is 9.46. The highest BCUT2D eigenvalue weighted by atomic mass is 32.1. The van der Waals surface area contributed by atoms with Gasteiger partial charge in [-0.3, -0.25) is 4.79 Å².